The van der Waals surface area contributed by atoms with E-state index in [1.807, 2.05) is 18.2 Å². The summed E-state index contributed by atoms with van der Waals surface area (Å²) in [6, 6.07) is 10.6. The summed E-state index contributed by atoms with van der Waals surface area (Å²) in [5, 5.41) is 0. The van der Waals surface area contributed by atoms with Gasteiger partial charge in [0.05, 0.1) is 12.8 Å². The molecule has 4 heteroatoms. The number of furan rings is 1. The molecule has 0 bridgehead atoms. The lowest BCUT2D eigenvalue weighted by molar-refractivity contribution is 0.239. The maximum Gasteiger partial charge on any atom is 0.127 e. The van der Waals surface area contributed by atoms with Gasteiger partial charge in [-0.25, -0.2) is 4.39 Å². The van der Waals surface area contributed by atoms with Crippen molar-refractivity contribution >= 4 is 0 Å². The molecule has 0 saturated carbocycles. The first-order chi connectivity index (χ1) is 8.79. The molecule has 2 rings (SSSR count). The minimum Gasteiger partial charge on any atom is -0.468 e. The maximum atomic E-state index is 13.6. The molecule has 2 N–H and O–H groups in total. The first kappa shape index (κ1) is 12.8. The van der Waals surface area contributed by atoms with Gasteiger partial charge in [-0.1, -0.05) is 18.2 Å². The Balaban J connectivity index is 2.04. The molecule has 0 fully saturated rings. The molecule has 1 heterocycles. The van der Waals surface area contributed by atoms with Crippen LogP contribution in [0, 0.1) is 5.82 Å². The van der Waals surface area contributed by atoms with Crippen LogP contribution in [0.3, 0.4) is 0 Å². The Morgan fingerprint density at radius 3 is 2.61 bits per heavy atom. The van der Waals surface area contributed by atoms with Crippen LogP contribution in [-0.4, -0.2) is 18.0 Å². The van der Waals surface area contributed by atoms with E-state index in [0.717, 1.165) is 5.76 Å². The largest absolute Gasteiger partial charge is 0.468 e. The molecule has 0 saturated heterocycles. The van der Waals surface area contributed by atoms with Crippen molar-refractivity contribution in [3.63, 3.8) is 0 Å². The fourth-order valence-corrected chi connectivity index (χ4v) is 1.89. The SMILES string of the molecule is NCCN(Cc1ccco1)Cc1ccccc1F. The predicted octanol–water partition coefficient (Wildman–Crippen LogP) is 2.38. The van der Waals surface area contributed by atoms with Crippen molar-refractivity contribution in [1.29, 1.82) is 0 Å². The quantitative estimate of drug-likeness (QED) is 0.853. The molecule has 0 aliphatic rings. The van der Waals surface area contributed by atoms with Gasteiger partial charge in [0, 0.05) is 25.2 Å². The van der Waals surface area contributed by atoms with Crippen molar-refractivity contribution in [2.45, 2.75) is 13.1 Å². The highest BCUT2D eigenvalue weighted by Crippen LogP contribution is 2.12. The molecule has 0 unspecified atom stereocenters. The molecule has 0 amide bonds. The number of nitrogens with two attached hydrogens (primary N) is 1. The van der Waals surface area contributed by atoms with Gasteiger partial charge in [0.25, 0.3) is 0 Å². The highest BCUT2D eigenvalue weighted by Gasteiger charge is 2.10. The van der Waals surface area contributed by atoms with Gasteiger partial charge in [-0.05, 0) is 18.2 Å². The van der Waals surface area contributed by atoms with Crippen molar-refractivity contribution in [1.82, 2.24) is 4.90 Å². The van der Waals surface area contributed by atoms with E-state index in [1.54, 1.807) is 18.4 Å². The lowest BCUT2D eigenvalue weighted by atomic mass is 10.2. The van der Waals surface area contributed by atoms with Crippen molar-refractivity contribution in [2.75, 3.05) is 13.1 Å². The molecule has 18 heavy (non-hydrogen) atoms. The lowest BCUT2D eigenvalue weighted by Gasteiger charge is -2.20. The Hall–Kier alpha value is -1.65. The van der Waals surface area contributed by atoms with Crippen LogP contribution in [0.15, 0.2) is 47.1 Å². The highest BCUT2D eigenvalue weighted by atomic mass is 19.1. The zero-order chi connectivity index (χ0) is 12.8. The predicted molar refractivity (Wildman–Crippen MR) is 68.3 cm³/mol. The first-order valence-corrected chi connectivity index (χ1v) is 5.98. The van der Waals surface area contributed by atoms with Crippen LogP contribution in [-0.2, 0) is 13.1 Å². The van der Waals surface area contributed by atoms with E-state index in [9.17, 15) is 4.39 Å². The van der Waals surface area contributed by atoms with E-state index < -0.39 is 0 Å². The van der Waals surface area contributed by atoms with Crippen molar-refractivity contribution < 1.29 is 8.81 Å². The summed E-state index contributed by atoms with van der Waals surface area (Å²) in [5.74, 6) is 0.679. The summed E-state index contributed by atoms with van der Waals surface area (Å²) < 4.78 is 18.9. The number of hydrogen-bond donors (Lipinski definition) is 1. The molecule has 1 aromatic heterocycles. The Morgan fingerprint density at radius 2 is 1.94 bits per heavy atom. The lowest BCUT2D eigenvalue weighted by Crippen LogP contribution is -2.28. The van der Waals surface area contributed by atoms with E-state index in [-0.39, 0.29) is 5.82 Å². The minimum atomic E-state index is -0.182. The fourth-order valence-electron chi connectivity index (χ4n) is 1.89. The molecule has 0 aliphatic carbocycles. The number of nitrogens with zero attached hydrogens (tertiary/aromatic N) is 1. The Bertz CT molecular complexity index is 470. The Morgan fingerprint density at radius 1 is 1.11 bits per heavy atom. The standard InChI is InChI=1S/C14H17FN2O/c15-14-6-2-1-4-12(14)10-17(8-7-16)11-13-5-3-9-18-13/h1-6,9H,7-8,10-11,16H2. The summed E-state index contributed by atoms with van der Waals surface area (Å²) in [6.07, 6.45) is 1.64. The Labute approximate surface area is 106 Å². The van der Waals surface area contributed by atoms with Gasteiger partial charge < -0.3 is 10.2 Å². The van der Waals surface area contributed by atoms with Crippen molar-refractivity contribution in [3.8, 4) is 0 Å². The molecule has 0 aliphatic heterocycles. The maximum absolute atomic E-state index is 13.6. The Kier molecular flexibility index (Phi) is 4.50. The molecule has 0 spiro atoms. The van der Waals surface area contributed by atoms with Gasteiger partial charge in [0.2, 0.25) is 0 Å². The van der Waals surface area contributed by atoms with Crippen LogP contribution in [0.4, 0.5) is 4.39 Å². The van der Waals surface area contributed by atoms with Crippen molar-refractivity contribution in [2.24, 2.45) is 5.73 Å². The highest BCUT2D eigenvalue weighted by molar-refractivity contribution is 5.17. The summed E-state index contributed by atoms with van der Waals surface area (Å²) >= 11 is 0. The smallest absolute Gasteiger partial charge is 0.127 e. The minimum absolute atomic E-state index is 0.182. The van der Waals surface area contributed by atoms with Crippen LogP contribution >= 0.6 is 0 Å². The number of halogens is 1. The normalized spacial score (nSPS) is 11.1. The summed E-state index contributed by atoms with van der Waals surface area (Å²) in [5.41, 5.74) is 6.26. The van der Waals surface area contributed by atoms with Crippen LogP contribution < -0.4 is 5.73 Å². The van der Waals surface area contributed by atoms with E-state index >= 15 is 0 Å². The monoisotopic (exact) mass is 248 g/mol. The van der Waals surface area contributed by atoms with Gasteiger partial charge in [-0.2, -0.15) is 0 Å². The molecular weight excluding hydrogens is 231 g/mol. The van der Waals surface area contributed by atoms with Crippen LogP contribution in [0.25, 0.3) is 0 Å². The average Bonchev–Trinajstić information content (AvgIpc) is 2.85. The third-order valence-electron chi connectivity index (χ3n) is 2.76. The summed E-state index contributed by atoms with van der Waals surface area (Å²) in [6.45, 7) is 2.41. The number of hydrogen-bond acceptors (Lipinski definition) is 3. The van der Waals surface area contributed by atoms with Gasteiger partial charge in [-0.3, -0.25) is 4.90 Å². The zero-order valence-corrected chi connectivity index (χ0v) is 10.2. The van der Waals surface area contributed by atoms with Crippen LogP contribution in [0.1, 0.15) is 11.3 Å². The summed E-state index contributed by atoms with van der Waals surface area (Å²) in [7, 11) is 0. The molecule has 0 atom stereocenters. The van der Waals surface area contributed by atoms with E-state index in [1.165, 1.54) is 6.07 Å². The first-order valence-electron chi connectivity index (χ1n) is 5.98. The second-order valence-corrected chi connectivity index (χ2v) is 4.17. The van der Waals surface area contributed by atoms with Crippen molar-refractivity contribution in [3.05, 3.63) is 59.8 Å². The molecule has 3 nitrogen and oxygen atoms in total. The average molecular weight is 248 g/mol. The van der Waals surface area contributed by atoms with Gasteiger partial charge in [0.15, 0.2) is 0 Å². The van der Waals surface area contributed by atoms with Gasteiger partial charge >= 0.3 is 0 Å². The number of rotatable bonds is 6. The molecular formula is C14H17FN2O. The van der Waals surface area contributed by atoms with E-state index in [0.29, 0.717) is 31.7 Å². The molecule has 1 aromatic carbocycles. The van der Waals surface area contributed by atoms with E-state index in [2.05, 4.69) is 4.90 Å². The summed E-state index contributed by atoms with van der Waals surface area (Å²) in [4.78, 5) is 2.07. The van der Waals surface area contributed by atoms with Gasteiger partial charge in [0.1, 0.15) is 11.6 Å². The third kappa shape index (κ3) is 3.42. The fraction of sp³-hybridized carbons (Fsp3) is 0.286. The van der Waals surface area contributed by atoms with Crippen LogP contribution in [0.5, 0.6) is 0 Å². The molecule has 96 valence electrons. The van der Waals surface area contributed by atoms with E-state index in [4.69, 9.17) is 10.2 Å². The molecule has 2 aromatic rings. The number of benzene rings is 1. The van der Waals surface area contributed by atoms with Crippen LogP contribution in [0.2, 0.25) is 0 Å². The second kappa shape index (κ2) is 6.33. The third-order valence-corrected chi connectivity index (χ3v) is 2.76. The zero-order valence-electron chi connectivity index (χ0n) is 10.2. The van der Waals surface area contributed by atoms with Gasteiger partial charge in [-0.15, -0.1) is 0 Å². The topological polar surface area (TPSA) is 42.4 Å². The second-order valence-electron chi connectivity index (χ2n) is 4.17. The molecule has 0 radical (unpaired) electrons.